The molecule has 12 aromatic rings. The van der Waals surface area contributed by atoms with Crippen molar-refractivity contribution in [3.05, 3.63) is 289 Å². The minimum Gasteiger partial charge on any atom is -0.462 e. The van der Waals surface area contributed by atoms with Gasteiger partial charge in [0.05, 0.1) is 17.1 Å². The average Bonchev–Trinajstić information content (AvgIpc) is 1.70. The van der Waals surface area contributed by atoms with Crippen molar-refractivity contribution in [1.29, 1.82) is 0 Å². The van der Waals surface area contributed by atoms with Crippen molar-refractivity contribution in [2.75, 3.05) is 20.0 Å². The number of anilines is 11. The SMILES string of the molecule is Cc1cc(C)c(Nc2coc3cc4c(cc23)C2(C)CCC4(C)CC2)c(C)c1.Cc1cc(Cl)cc(N(c2ccc(C(C)(C)C)cc2)c2ccc(C(C)(C)C)cc2)c1.Cc1cc(N(c2ccc(C(C)(C)C)cc2)c2ccc(C(C)(C)C)cc2)cc(N(c2c(C)cc(C)cc2C)c2coc3cc4c(cc23)C2(C)CCC4(C)CC2)c1. The van der Waals surface area contributed by atoms with Crippen LogP contribution in [0.3, 0.4) is 0 Å². The zero-order valence-corrected chi connectivity index (χ0v) is 71.9. The van der Waals surface area contributed by atoms with Gasteiger partial charge in [0.25, 0.3) is 0 Å². The molecule has 2 saturated carbocycles. The van der Waals surface area contributed by atoms with E-state index in [1.165, 1.54) is 151 Å². The topological polar surface area (TPSA) is 48.0 Å². The number of nitrogens with zero attached hydrogens (tertiary/aromatic N) is 3. The van der Waals surface area contributed by atoms with Gasteiger partial charge in [-0.25, -0.2) is 0 Å². The summed E-state index contributed by atoms with van der Waals surface area (Å²) in [6.07, 6.45) is 14.1. The molecule has 0 saturated heterocycles. The van der Waals surface area contributed by atoms with Crippen molar-refractivity contribution in [1.82, 2.24) is 0 Å². The highest BCUT2D eigenvalue weighted by Crippen LogP contribution is 2.60. The van der Waals surface area contributed by atoms with Crippen LogP contribution in [0.4, 0.5) is 62.6 Å². The molecule has 0 atom stereocenters. The molecule has 6 aliphatic rings. The molecule has 18 rings (SSSR count). The number of rotatable bonds is 11. The Kier molecular flexibility index (Phi) is 20.3. The minimum atomic E-state index is 0.0692. The molecule has 0 spiro atoms. The van der Waals surface area contributed by atoms with Crippen LogP contribution in [0.5, 0.6) is 0 Å². The Balaban J connectivity index is 0.000000153. The lowest BCUT2D eigenvalue weighted by atomic mass is 9.52. The second kappa shape index (κ2) is 28.8. The van der Waals surface area contributed by atoms with Crippen molar-refractivity contribution in [3.8, 4) is 0 Å². The van der Waals surface area contributed by atoms with E-state index >= 15 is 0 Å². The first-order valence-corrected chi connectivity index (χ1v) is 41.2. The number of fused-ring (bicyclic) bond motifs is 6. The molecule has 0 amide bonds. The molecule has 111 heavy (non-hydrogen) atoms. The van der Waals surface area contributed by atoms with Gasteiger partial charge in [-0.1, -0.05) is 206 Å². The van der Waals surface area contributed by atoms with E-state index in [1.807, 2.05) is 24.7 Å². The largest absolute Gasteiger partial charge is 0.462 e. The van der Waals surface area contributed by atoms with Crippen LogP contribution in [0.15, 0.2) is 203 Å². The molecule has 6 aliphatic carbocycles. The number of halogens is 1. The molecule has 6 nitrogen and oxygen atoms in total. The molecule has 2 fully saturated rings. The van der Waals surface area contributed by atoms with Crippen LogP contribution in [-0.2, 0) is 43.3 Å². The Labute approximate surface area is 670 Å². The standard InChI is InChI=1S/C52H60N2O.C27H32ClN.C25H29NO/c1-33-25-35(3)48(36(4)26-33)54(46-32-55-47-31-45-44(30-43(46)47)51(11)21-23-52(45,12)24-22-51)42-28-34(2)27-41(29-42)53(39-17-13-37(14-18-39)49(5,6)7)40-19-15-38(16-20-40)50(8,9)10;1-19-16-22(28)18-25(17-19)29(23-12-8-20(9-13-23)26(2,3)4)24-14-10-21(11-15-24)27(5,6)7;1-15-10-16(2)23(17(3)11-15)26-21-14-27-22-13-20-19(12-18(21)22)24(4)6-8-25(20,5)9-7-24/h13-20,25-32H,21-24H2,1-12H3;8-18H,1-7H3;10-14,26H,6-9H2,1-5H3. The number of aryl methyl sites for hydroxylation is 8. The van der Waals surface area contributed by atoms with E-state index in [2.05, 4.69) is 356 Å². The van der Waals surface area contributed by atoms with Crippen LogP contribution >= 0.6 is 11.6 Å². The molecule has 2 aromatic heterocycles. The maximum atomic E-state index is 6.60. The zero-order valence-electron chi connectivity index (χ0n) is 71.2. The van der Waals surface area contributed by atoms with Crippen LogP contribution in [0.25, 0.3) is 21.9 Å². The third-order valence-electron chi connectivity index (χ3n) is 25.8. The summed E-state index contributed by atoms with van der Waals surface area (Å²) in [7, 11) is 0. The summed E-state index contributed by atoms with van der Waals surface area (Å²) in [5.74, 6) is 0. The fourth-order valence-corrected chi connectivity index (χ4v) is 19.1. The molecule has 0 radical (unpaired) electrons. The molecule has 0 unspecified atom stereocenters. The van der Waals surface area contributed by atoms with Crippen molar-refractivity contribution in [2.45, 2.75) is 261 Å². The lowest BCUT2D eigenvalue weighted by Crippen LogP contribution is -2.44. The first-order valence-electron chi connectivity index (χ1n) is 40.9. The average molecular weight is 1490 g/mol. The van der Waals surface area contributed by atoms with Crippen molar-refractivity contribution in [3.63, 3.8) is 0 Å². The fraction of sp³-hybridized carbons (Fsp3) is 0.385. The van der Waals surface area contributed by atoms with E-state index in [1.54, 1.807) is 5.56 Å². The highest BCUT2D eigenvalue weighted by atomic mass is 35.5. The van der Waals surface area contributed by atoms with E-state index < -0.39 is 0 Å². The zero-order chi connectivity index (χ0) is 79.6. The van der Waals surface area contributed by atoms with E-state index in [0.29, 0.717) is 10.8 Å². The van der Waals surface area contributed by atoms with Gasteiger partial charge in [0.15, 0.2) is 0 Å². The lowest BCUT2D eigenvalue weighted by molar-refractivity contribution is 0.188. The molecular weight excluding hydrogens is 1370 g/mol. The monoisotopic (exact) mass is 1490 g/mol. The Morgan fingerprint density at radius 3 is 0.973 bits per heavy atom. The first-order chi connectivity index (χ1) is 52.1. The second-order valence-electron chi connectivity index (χ2n) is 39.2. The summed E-state index contributed by atoms with van der Waals surface area (Å²) in [5, 5.41) is 6.82. The van der Waals surface area contributed by atoms with Crippen molar-refractivity contribution < 1.29 is 8.83 Å². The highest BCUT2D eigenvalue weighted by molar-refractivity contribution is 6.31. The summed E-state index contributed by atoms with van der Waals surface area (Å²) in [5.41, 5.74) is 37.3. The van der Waals surface area contributed by atoms with Gasteiger partial charge in [0.2, 0.25) is 0 Å². The number of hydrogen-bond donors (Lipinski definition) is 1. The van der Waals surface area contributed by atoms with Gasteiger partial charge in [0, 0.05) is 61.3 Å². The molecule has 0 aliphatic heterocycles. The smallest absolute Gasteiger partial charge is 0.136 e. The van der Waals surface area contributed by atoms with Gasteiger partial charge >= 0.3 is 0 Å². The van der Waals surface area contributed by atoms with Crippen LogP contribution < -0.4 is 20.0 Å². The fourth-order valence-electron chi connectivity index (χ4n) is 18.8. The number of benzene rings is 10. The quantitative estimate of drug-likeness (QED) is 0.139. The summed E-state index contributed by atoms with van der Waals surface area (Å²) in [6.45, 7) is 54.5. The van der Waals surface area contributed by atoms with Gasteiger partial charge in [-0.15, -0.1) is 0 Å². The molecule has 1 N–H and O–H groups in total. The lowest BCUT2D eigenvalue weighted by Gasteiger charge is -2.52. The van der Waals surface area contributed by atoms with Gasteiger partial charge in [-0.2, -0.15) is 0 Å². The van der Waals surface area contributed by atoms with Crippen LogP contribution in [0.2, 0.25) is 5.02 Å². The van der Waals surface area contributed by atoms with E-state index in [-0.39, 0.29) is 32.5 Å². The predicted molar refractivity (Wildman–Crippen MR) is 477 cm³/mol. The molecular formula is C104H121ClN4O2. The summed E-state index contributed by atoms with van der Waals surface area (Å²) in [4.78, 5) is 7.18. The molecule has 4 bridgehead atoms. The normalized spacial score (nSPS) is 19.3. The summed E-state index contributed by atoms with van der Waals surface area (Å²) < 4.78 is 12.6. The van der Waals surface area contributed by atoms with Gasteiger partial charge in [-0.05, 0) is 337 Å². The predicted octanol–water partition coefficient (Wildman–Crippen LogP) is 31.2. The highest BCUT2D eigenvalue weighted by Gasteiger charge is 2.50. The second-order valence-corrected chi connectivity index (χ2v) is 39.6. The maximum Gasteiger partial charge on any atom is 0.136 e. The van der Waals surface area contributed by atoms with Crippen molar-refractivity contribution >= 4 is 96.1 Å². The first kappa shape index (κ1) is 78.5. The van der Waals surface area contributed by atoms with Crippen LogP contribution in [0, 0.1) is 55.4 Å². The van der Waals surface area contributed by atoms with Crippen molar-refractivity contribution in [2.24, 2.45) is 0 Å². The third kappa shape index (κ3) is 15.4. The Morgan fingerprint density at radius 1 is 0.315 bits per heavy atom. The number of hydrogen-bond acceptors (Lipinski definition) is 6. The van der Waals surface area contributed by atoms with Gasteiger partial charge in [0.1, 0.15) is 23.7 Å². The summed E-state index contributed by atoms with van der Waals surface area (Å²) in [6, 6.07) is 68.0. The molecule has 7 heteroatoms. The minimum absolute atomic E-state index is 0.0692. The van der Waals surface area contributed by atoms with E-state index in [4.69, 9.17) is 20.4 Å². The summed E-state index contributed by atoms with van der Waals surface area (Å²) >= 11 is 6.41. The van der Waals surface area contributed by atoms with E-state index in [9.17, 15) is 0 Å². The Bertz CT molecular complexity index is 5280. The van der Waals surface area contributed by atoms with Gasteiger partial charge in [-0.3, -0.25) is 0 Å². The Hall–Kier alpha value is -9.23. The molecule has 576 valence electrons. The molecule has 2 heterocycles. The van der Waals surface area contributed by atoms with E-state index in [0.717, 1.165) is 72.9 Å². The number of nitrogens with one attached hydrogen (secondary N) is 1. The Morgan fingerprint density at radius 2 is 0.613 bits per heavy atom. The maximum absolute atomic E-state index is 6.60. The third-order valence-corrected chi connectivity index (χ3v) is 26.0. The number of furan rings is 2. The van der Waals surface area contributed by atoms with Gasteiger partial charge < -0.3 is 28.9 Å². The van der Waals surface area contributed by atoms with Crippen LogP contribution in [0.1, 0.15) is 251 Å². The van der Waals surface area contributed by atoms with Crippen LogP contribution in [-0.4, -0.2) is 0 Å². The molecule has 10 aromatic carbocycles.